The fourth-order valence-electron chi connectivity index (χ4n) is 2.78. The van der Waals surface area contributed by atoms with Crippen molar-refractivity contribution in [3.8, 4) is 0 Å². The van der Waals surface area contributed by atoms with Crippen LogP contribution < -0.4 is 5.32 Å². The van der Waals surface area contributed by atoms with Gasteiger partial charge in [-0.25, -0.2) is 9.97 Å². The molecule has 1 amide bonds. The summed E-state index contributed by atoms with van der Waals surface area (Å²) in [6.07, 6.45) is 3.72. The summed E-state index contributed by atoms with van der Waals surface area (Å²) in [5, 5.41) is 12.5. The third-order valence-electron chi connectivity index (χ3n) is 3.81. The van der Waals surface area contributed by atoms with Crippen LogP contribution in [-0.4, -0.2) is 62.9 Å². The van der Waals surface area contributed by atoms with Gasteiger partial charge in [0, 0.05) is 18.6 Å². The van der Waals surface area contributed by atoms with Gasteiger partial charge in [0.25, 0.3) is 5.91 Å². The van der Waals surface area contributed by atoms with Gasteiger partial charge in [-0.05, 0) is 6.07 Å². The molecule has 0 aromatic carbocycles. The number of fused-ring (bicyclic) bond motifs is 2. The Morgan fingerprint density at radius 2 is 2.24 bits per heavy atom. The zero-order valence-electron chi connectivity index (χ0n) is 11.0. The van der Waals surface area contributed by atoms with E-state index in [0.717, 1.165) is 0 Å². The minimum absolute atomic E-state index is 0.236. The molecule has 0 saturated carbocycles. The van der Waals surface area contributed by atoms with Crippen LogP contribution in [0, 0.1) is 0 Å². The number of aliphatic hydroxyl groups excluding tert-OH is 1. The van der Waals surface area contributed by atoms with Gasteiger partial charge in [-0.2, -0.15) is 0 Å². The lowest BCUT2D eigenvalue weighted by atomic mass is 10.1. The van der Waals surface area contributed by atoms with Gasteiger partial charge in [0.2, 0.25) is 5.78 Å². The third-order valence-corrected chi connectivity index (χ3v) is 3.81. The summed E-state index contributed by atoms with van der Waals surface area (Å²) >= 11 is 0. The van der Waals surface area contributed by atoms with Crippen LogP contribution in [-0.2, 0) is 9.47 Å². The van der Waals surface area contributed by atoms with Crippen molar-refractivity contribution < 1.29 is 19.4 Å². The second kappa shape index (κ2) is 4.76. The maximum atomic E-state index is 12.3. The quantitative estimate of drug-likeness (QED) is 0.735. The Hall–Kier alpha value is -2.03. The van der Waals surface area contributed by atoms with Crippen molar-refractivity contribution in [3.05, 3.63) is 30.4 Å². The summed E-state index contributed by atoms with van der Waals surface area (Å²) in [7, 11) is 0. The molecule has 110 valence electrons. The van der Waals surface area contributed by atoms with Gasteiger partial charge in [-0.15, -0.1) is 0 Å². The van der Waals surface area contributed by atoms with E-state index in [4.69, 9.17) is 9.47 Å². The van der Waals surface area contributed by atoms with E-state index >= 15 is 0 Å². The SMILES string of the molecule is O=C(N[C@@H]1CO[C@H]2[C@@H]1OC[C@H]2O)c1cn2cccnc2n1. The van der Waals surface area contributed by atoms with E-state index in [-0.39, 0.29) is 36.5 Å². The van der Waals surface area contributed by atoms with Crippen LogP contribution in [0.25, 0.3) is 5.78 Å². The lowest BCUT2D eigenvalue weighted by Crippen LogP contribution is -2.44. The number of aliphatic hydroxyl groups is 1. The van der Waals surface area contributed by atoms with Crippen LogP contribution in [0.2, 0.25) is 0 Å². The summed E-state index contributed by atoms with van der Waals surface area (Å²) in [5.74, 6) is 0.162. The molecule has 4 rings (SSSR count). The molecule has 8 heteroatoms. The van der Waals surface area contributed by atoms with E-state index in [1.54, 1.807) is 29.1 Å². The number of hydrogen-bond donors (Lipinski definition) is 2. The zero-order chi connectivity index (χ0) is 14.4. The van der Waals surface area contributed by atoms with Gasteiger partial charge in [0.15, 0.2) is 0 Å². The summed E-state index contributed by atoms with van der Waals surface area (Å²) in [5.41, 5.74) is 0.288. The molecule has 2 aliphatic heterocycles. The van der Waals surface area contributed by atoms with Crippen molar-refractivity contribution in [1.29, 1.82) is 0 Å². The lowest BCUT2D eigenvalue weighted by Gasteiger charge is -2.16. The molecule has 0 spiro atoms. The van der Waals surface area contributed by atoms with Gasteiger partial charge in [0.05, 0.1) is 19.3 Å². The normalized spacial score (nSPS) is 31.5. The number of amides is 1. The Morgan fingerprint density at radius 1 is 1.38 bits per heavy atom. The van der Waals surface area contributed by atoms with Gasteiger partial charge < -0.3 is 19.9 Å². The van der Waals surface area contributed by atoms with Gasteiger partial charge >= 0.3 is 0 Å². The fourth-order valence-corrected chi connectivity index (χ4v) is 2.78. The van der Waals surface area contributed by atoms with Crippen LogP contribution >= 0.6 is 0 Å². The van der Waals surface area contributed by atoms with Gasteiger partial charge in [-0.3, -0.25) is 9.20 Å². The van der Waals surface area contributed by atoms with Crippen molar-refractivity contribution >= 4 is 11.7 Å². The first kappa shape index (κ1) is 12.7. The fraction of sp³-hybridized carbons (Fsp3) is 0.462. The molecule has 0 aliphatic carbocycles. The molecule has 8 nitrogen and oxygen atoms in total. The predicted octanol–water partition coefficient (Wildman–Crippen LogP) is -1.01. The highest BCUT2D eigenvalue weighted by molar-refractivity contribution is 5.93. The lowest BCUT2D eigenvalue weighted by molar-refractivity contribution is 0.0178. The minimum Gasteiger partial charge on any atom is -0.388 e. The molecule has 0 bridgehead atoms. The van der Waals surface area contributed by atoms with E-state index < -0.39 is 6.10 Å². The van der Waals surface area contributed by atoms with Crippen LogP contribution in [0.3, 0.4) is 0 Å². The van der Waals surface area contributed by atoms with E-state index in [1.165, 1.54) is 0 Å². The first-order valence-corrected chi connectivity index (χ1v) is 6.74. The number of rotatable bonds is 2. The first-order chi connectivity index (χ1) is 10.2. The third kappa shape index (κ3) is 2.08. The number of nitrogens with zero attached hydrogens (tertiary/aromatic N) is 3. The van der Waals surface area contributed by atoms with Crippen molar-refractivity contribution in [3.63, 3.8) is 0 Å². The predicted molar refractivity (Wildman–Crippen MR) is 69.7 cm³/mol. The molecule has 2 N–H and O–H groups in total. The summed E-state index contributed by atoms with van der Waals surface area (Å²) in [4.78, 5) is 20.5. The molecular formula is C13H14N4O4. The van der Waals surface area contributed by atoms with Crippen molar-refractivity contribution in [1.82, 2.24) is 19.7 Å². The number of carbonyl (C=O) groups excluding carboxylic acids is 1. The van der Waals surface area contributed by atoms with Crippen LogP contribution in [0.5, 0.6) is 0 Å². The Morgan fingerprint density at radius 3 is 3.10 bits per heavy atom. The maximum Gasteiger partial charge on any atom is 0.271 e. The smallest absolute Gasteiger partial charge is 0.271 e. The van der Waals surface area contributed by atoms with Crippen molar-refractivity contribution in [2.24, 2.45) is 0 Å². The highest BCUT2D eigenvalue weighted by Gasteiger charge is 2.47. The minimum atomic E-state index is -0.628. The van der Waals surface area contributed by atoms with Gasteiger partial charge in [0.1, 0.15) is 24.0 Å². The average molecular weight is 290 g/mol. The van der Waals surface area contributed by atoms with Gasteiger partial charge in [-0.1, -0.05) is 0 Å². The van der Waals surface area contributed by atoms with E-state index in [9.17, 15) is 9.90 Å². The molecular weight excluding hydrogens is 276 g/mol. The van der Waals surface area contributed by atoms with Crippen LogP contribution in [0.15, 0.2) is 24.7 Å². The average Bonchev–Trinajstić information content (AvgIpc) is 3.16. The second-order valence-corrected chi connectivity index (χ2v) is 5.20. The molecule has 2 aliphatic rings. The molecule has 4 atom stereocenters. The largest absolute Gasteiger partial charge is 0.388 e. The van der Waals surface area contributed by atoms with E-state index in [0.29, 0.717) is 12.4 Å². The Balaban J connectivity index is 1.51. The topological polar surface area (TPSA) is 98.0 Å². The molecule has 2 aromatic rings. The summed E-state index contributed by atoms with van der Waals surface area (Å²) < 4.78 is 12.6. The van der Waals surface area contributed by atoms with Crippen molar-refractivity contribution in [2.45, 2.75) is 24.4 Å². The van der Waals surface area contributed by atoms with Crippen molar-refractivity contribution in [2.75, 3.05) is 13.2 Å². The van der Waals surface area contributed by atoms with E-state index in [2.05, 4.69) is 15.3 Å². The number of aromatic nitrogens is 3. The number of ether oxygens (including phenoxy) is 2. The highest BCUT2D eigenvalue weighted by atomic mass is 16.6. The summed E-state index contributed by atoms with van der Waals surface area (Å²) in [6, 6.07) is 1.48. The Labute approximate surface area is 119 Å². The summed E-state index contributed by atoms with van der Waals surface area (Å²) in [6.45, 7) is 0.559. The van der Waals surface area contributed by atoms with Crippen LogP contribution in [0.4, 0.5) is 0 Å². The monoisotopic (exact) mass is 290 g/mol. The maximum absolute atomic E-state index is 12.3. The molecule has 2 fully saturated rings. The molecule has 0 unspecified atom stereocenters. The second-order valence-electron chi connectivity index (χ2n) is 5.20. The molecule has 2 aromatic heterocycles. The zero-order valence-corrected chi connectivity index (χ0v) is 11.0. The number of imidazole rings is 1. The first-order valence-electron chi connectivity index (χ1n) is 6.74. The molecule has 21 heavy (non-hydrogen) atoms. The number of hydrogen-bond acceptors (Lipinski definition) is 6. The Kier molecular flexibility index (Phi) is 2.88. The molecule has 0 radical (unpaired) electrons. The van der Waals surface area contributed by atoms with E-state index in [1.807, 2.05) is 0 Å². The Bertz CT molecular complexity index is 655. The standard InChI is InChI=1S/C13H14N4O4/c18-9-6-21-10-8(5-20-11(9)10)15-12(19)7-4-17-3-1-2-14-13(17)16-7/h1-4,8-11,18H,5-6H2,(H,15,19)/t8-,9-,10-,11-/m1/s1. The molecule has 4 heterocycles. The van der Waals surface area contributed by atoms with Crippen LogP contribution in [0.1, 0.15) is 10.5 Å². The number of carbonyl (C=O) groups is 1. The number of nitrogens with one attached hydrogen (secondary N) is 1. The molecule has 2 saturated heterocycles. The highest BCUT2D eigenvalue weighted by Crippen LogP contribution is 2.27.